The summed E-state index contributed by atoms with van der Waals surface area (Å²) < 4.78 is 1.11. The van der Waals surface area contributed by atoms with Gasteiger partial charge >= 0.3 is 0 Å². The Balaban J connectivity index is 1.48. The van der Waals surface area contributed by atoms with Gasteiger partial charge in [-0.2, -0.15) is 0 Å². The molecular formula is C31H28N2OS. The molecule has 1 heterocycles. The average Bonchev–Trinajstić information content (AvgIpc) is 3.32. The van der Waals surface area contributed by atoms with E-state index in [1.165, 1.54) is 16.7 Å². The van der Waals surface area contributed by atoms with Crippen molar-refractivity contribution in [2.24, 2.45) is 0 Å². The Morgan fingerprint density at radius 2 is 1.40 bits per heavy atom. The number of anilines is 1. The summed E-state index contributed by atoms with van der Waals surface area (Å²) in [7, 11) is 0. The second kappa shape index (κ2) is 10.2. The topological polar surface area (TPSA) is 33.2 Å². The van der Waals surface area contributed by atoms with Crippen LogP contribution in [0.25, 0.3) is 10.2 Å². The Kier molecular flexibility index (Phi) is 6.73. The van der Waals surface area contributed by atoms with Gasteiger partial charge in [-0.15, -0.1) is 0 Å². The van der Waals surface area contributed by atoms with Crippen molar-refractivity contribution in [3.05, 3.63) is 131 Å². The first-order valence-electron chi connectivity index (χ1n) is 12.0. The summed E-state index contributed by atoms with van der Waals surface area (Å²) in [6.07, 6.45) is 0.846. The molecule has 0 unspecified atom stereocenters. The van der Waals surface area contributed by atoms with Crippen molar-refractivity contribution in [3.63, 3.8) is 0 Å². The van der Waals surface area contributed by atoms with Crippen molar-refractivity contribution in [1.82, 2.24) is 4.98 Å². The molecule has 1 aromatic heterocycles. The lowest BCUT2D eigenvalue weighted by atomic mass is 10.0. The molecule has 0 bridgehead atoms. The van der Waals surface area contributed by atoms with Gasteiger partial charge < -0.3 is 0 Å². The summed E-state index contributed by atoms with van der Waals surface area (Å²) in [5, 5.41) is 0.732. The standard InChI is InChI=1S/C31H28N2OS/c1-22(2)27-14-9-15-28-29(27)32-31(35-28)33(21-25-12-7-4-8-13-25)30(34)26-18-16-24(17-19-26)20-23-10-5-3-6-11-23/h3-19,22H,20-21H2,1-2H3. The fourth-order valence-electron chi connectivity index (χ4n) is 4.28. The molecule has 35 heavy (non-hydrogen) atoms. The van der Waals surface area contributed by atoms with E-state index >= 15 is 0 Å². The maximum Gasteiger partial charge on any atom is 0.260 e. The predicted molar refractivity (Wildman–Crippen MR) is 146 cm³/mol. The van der Waals surface area contributed by atoms with Crippen LogP contribution in [-0.4, -0.2) is 10.9 Å². The van der Waals surface area contributed by atoms with Gasteiger partial charge in [0.1, 0.15) is 0 Å². The zero-order valence-electron chi connectivity index (χ0n) is 20.0. The van der Waals surface area contributed by atoms with E-state index in [0.717, 1.165) is 27.3 Å². The Labute approximate surface area is 210 Å². The van der Waals surface area contributed by atoms with E-state index in [0.29, 0.717) is 18.0 Å². The second-order valence-corrected chi connectivity index (χ2v) is 10.1. The quantitative estimate of drug-likeness (QED) is 0.239. The highest BCUT2D eigenvalue weighted by molar-refractivity contribution is 7.22. The van der Waals surface area contributed by atoms with E-state index in [9.17, 15) is 4.79 Å². The fraction of sp³-hybridized carbons (Fsp3) is 0.161. The van der Waals surface area contributed by atoms with Gasteiger partial charge in [0.05, 0.1) is 16.8 Å². The molecule has 0 aliphatic carbocycles. The molecule has 5 rings (SSSR count). The van der Waals surface area contributed by atoms with Crippen LogP contribution < -0.4 is 4.90 Å². The zero-order valence-corrected chi connectivity index (χ0v) is 20.8. The third kappa shape index (κ3) is 5.18. The molecule has 0 atom stereocenters. The summed E-state index contributed by atoms with van der Waals surface area (Å²) in [6.45, 7) is 4.83. The van der Waals surface area contributed by atoms with Crippen molar-refractivity contribution in [2.75, 3.05) is 4.90 Å². The van der Waals surface area contributed by atoms with Crippen LogP contribution >= 0.6 is 11.3 Å². The first-order chi connectivity index (χ1) is 17.1. The minimum Gasteiger partial charge on any atom is -0.279 e. The van der Waals surface area contributed by atoms with Crippen LogP contribution in [0.2, 0.25) is 0 Å². The molecule has 0 radical (unpaired) electrons. The third-order valence-corrected chi connectivity index (χ3v) is 7.22. The number of rotatable bonds is 7. The van der Waals surface area contributed by atoms with E-state index in [2.05, 4.69) is 80.6 Å². The van der Waals surface area contributed by atoms with Crippen LogP contribution in [0.1, 0.15) is 52.4 Å². The smallest absolute Gasteiger partial charge is 0.260 e. The van der Waals surface area contributed by atoms with Gasteiger partial charge in [0.15, 0.2) is 5.13 Å². The van der Waals surface area contributed by atoms with Crippen LogP contribution in [0.3, 0.4) is 0 Å². The van der Waals surface area contributed by atoms with E-state index in [-0.39, 0.29) is 5.91 Å². The molecule has 4 aromatic carbocycles. The first kappa shape index (κ1) is 23.0. The molecule has 0 spiro atoms. The van der Waals surface area contributed by atoms with Gasteiger partial charge in [-0.1, -0.05) is 110 Å². The number of hydrogen-bond donors (Lipinski definition) is 0. The highest BCUT2D eigenvalue weighted by atomic mass is 32.1. The van der Waals surface area contributed by atoms with E-state index in [1.54, 1.807) is 11.3 Å². The van der Waals surface area contributed by atoms with E-state index in [1.807, 2.05) is 41.3 Å². The van der Waals surface area contributed by atoms with Gasteiger partial charge in [-0.25, -0.2) is 4.98 Å². The van der Waals surface area contributed by atoms with Gasteiger partial charge in [0.2, 0.25) is 0 Å². The molecule has 5 aromatic rings. The number of amides is 1. The molecule has 1 amide bonds. The number of aromatic nitrogens is 1. The third-order valence-electron chi connectivity index (χ3n) is 6.17. The number of carbonyl (C=O) groups is 1. The van der Waals surface area contributed by atoms with Gasteiger partial charge in [-0.3, -0.25) is 9.69 Å². The second-order valence-electron chi connectivity index (χ2n) is 9.08. The summed E-state index contributed by atoms with van der Waals surface area (Å²) >= 11 is 1.58. The van der Waals surface area contributed by atoms with Crippen molar-refractivity contribution >= 4 is 32.6 Å². The predicted octanol–water partition coefficient (Wildman–Crippen LogP) is 7.86. The largest absolute Gasteiger partial charge is 0.279 e. The normalized spacial score (nSPS) is 11.2. The maximum absolute atomic E-state index is 13.8. The lowest BCUT2D eigenvalue weighted by molar-refractivity contribution is 0.0985. The van der Waals surface area contributed by atoms with Crippen LogP contribution in [0.4, 0.5) is 5.13 Å². The maximum atomic E-state index is 13.8. The molecule has 0 aliphatic rings. The van der Waals surface area contributed by atoms with Crippen LogP contribution in [0.5, 0.6) is 0 Å². The van der Waals surface area contributed by atoms with Crippen LogP contribution in [0, 0.1) is 0 Å². The molecule has 0 N–H and O–H groups in total. The molecule has 0 saturated heterocycles. The molecule has 3 nitrogen and oxygen atoms in total. The highest BCUT2D eigenvalue weighted by Crippen LogP contribution is 2.34. The number of fused-ring (bicyclic) bond motifs is 1. The van der Waals surface area contributed by atoms with Crippen molar-refractivity contribution < 1.29 is 4.79 Å². The Morgan fingerprint density at radius 1 is 0.771 bits per heavy atom. The summed E-state index contributed by atoms with van der Waals surface area (Å²) in [5.74, 6) is 0.328. The number of benzene rings is 4. The molecular weight excluding hydrogens is 448 g/mol. The number of carbonyl (C=O) groups excluding carboxylic acids is 1. The Morgan fingerprint density at radius 3 is 2.06 bits per heavy atom. The van der Waals surface area contributed by atoms with E-state index in [4.69, 9.17) is 4.98 Å². The summed E-state index contributed by atoms with van der Waals surface area (Å²) in [4.78, 5) is 20.6. The SMILES string of the molecule is CC(C)c1cccc2sc(N(Cc3ccccc3)C(=O)c3ccc(Cc4ccccc4)cc3)nc12. The van der Waals surface area contributed by atoms with Crippen LogP contribution in [0.15, 0.2) is 103 Å². The molecule has 0 saturated carbocycles. The molecule has 0 fully saturated rings. The van der Waals surface area contributed by atoms with Gasteiger partial charge in [0.25, 0.3) is 5.91 Å². The number of nitrogens with zero attached hydrogens (tertiary/aromatic N) is 2. The average molecular weight is 477 g/mol. The lowest BCUT2D eigenvalue weighted by Crippen LogP contribution is -2.30. The molecule has 174 valence electrons. The minimum atomic E-state index is -0.0368. The van der Waals surface area contributed by atoms with Crippen molar-refractivity contribution in [1.29, 1.82) is 0 Å². The Bertz CT molecular complexity index is 1420. The zero-order chi connectivity index (χ0) is 24.2. The van der Waals surface area contributed by atoms with Crippen molar-refractivity contribution in [3.8, 4) is 0 Å². The number of thiazole rings is 1. The van der Waals surface area contributed by atoms with E-state index < -0.39 is 0 Å². The fourth-order valence-corrected chi connectivity index (χ4v) is 5.28. The van der Waals surface area contributed by atoms with Gasteiger partial charge in [0, 0.05) is 5.56 Å². The molecule has 0 aliphatic heterocycles. The van der Waals surface area contributed by atoms with Crippen LogP contribution in [-0.2, 0) is 13.0 Å². The first-order valence-corrected chi connectivity index (χ1v) is 12.8. The minimum absolute atomic E-state index is 0.0368. The summed E-state index contributed by atoms with van der Waals surface area (Å²) in [6, 6.07) is 34.8. The highest BCUT2D eigenvalue weighted by Gasteiger charge is 2.23. The molecule has 4 heteroatoms. The lowest BCUT2D eigenvalue weighted by Gasteiger charge is -2.20. The number of para-hydroxylation sites is 1. The van der Waals surface area contributed by atoms with Gasteiger partial charge in [-0.05, 0) is 52.8 Å². The Hall–Kier alpha value is -3.76. The van der Waals surface area contributed by atoms with Crippen molar-refractivity contribution in [2.45, 2.75) is 32.7 Å². The summed E-state index contributed by atoms with van der Waals surface area (Å²) in [5.41, 5.74) is 6.39. The monoisotopic (exact) mass is 476 g/mol. The number of hydrogen-bond acceptors (Lipinski definition) is 3.